The Bertz CT molecular complexity index is 1190. The van der Waals surface area contributed by atoms with E-state index >= 15 is 0 Å². The fourth-order valence-corrected chi connectivity index (χ4v) is 4.47. The van der Waals surface area contributed by atoms with Crippen molar-refractivity contribution in [2.45, 2.75) is 12.5 Å². The van der Waals surface area contributed by atoms with Crippen molar-refractivity contribution in [2.75, 3.05) is 18.9 Å². The highest BCUT2D eigenvalue weighted by molar-refractivity contribution is 6.35. The van der Waals surface area contributed by atoms with Gasteiger partial charge in [-0.2, -0.15) is 0 Å². The number of nitrogens with zero attached hydrogens (tertiary/aromatic N) is 2. The molecule has 0 aromatic heterocycles. The van der Waals surface area contributed by atoms with E-state index in [2.05, 4.69) is 10.2 Å². The molecule has 7 nitrogen and oxygen atoms in total. The second-order valence-electron chi connectivity index (χ2n) is 7.56. The number of likely N-dealkylation sites (N-methyl/N-ethyl adjacent to an activating group) is 1. The molecule has 0 aliphatic carbocycles. The van der Waals surface area contributed by atoms with Gasteiger partial charge in [-0.25, -0.2) is 4.79 Å². The van der Waals surface area contributed by atoms with Crippen LogP contribution in [0.5, 0.6) is 5.75 Å². The van der Waals surface area contributed by atoms with Crippen molar-refractivity contribution in [3.8, 4) is 5.75 Å². The molecule has 3 aromatic rings. The summed E-state index contributed by atoms with van der Waals surface area (Å²) in [4.78, 5) is 25.0. The van der Waals surface area contributed by atoms with E-state index in [0.717, 1.165) is 23.2 Å². The van der Waals surface area contributed by atoms with Crippen LogP contribution in [0.1, 0.15) is 22.6 Å². The largest absolute Gasteiger partial charge is 0.417 e. The monoisotopic (exact) mass is 507 g/mol. The van der Waals surface area contributed by atoms with E-state index in [4.69, 9.17) is 27.9 Å². The molecule has 1 heterocycles. The number of carbonyl (C=O) groups is 1. The van der Waals surface area contributed by atoms with Crippen molar-refractivity contribution >= 4 is 53.1 Å². The van der Waals surface area contributed by atoms with Crippen LogP contribution >= 0.6 is 35.6 Å². The number of anilines is 1. The molecule has 0 fully saturated rings. The second-order valence-corrected chi connectivity index (χ2v) is 8.40. The summed E-state index contributed by atoms with van der Waals surface area (Å²) >= 11 is 12.8. The Balaban J connectivity index is 0.00000306. The van der Waals surface area contributed by atoms with Crippen molar-refractivity contribution in [3.63, 3.8) is 0 Å². The number of nitro benzene ring substituents is 1. The zero-order chi connectivity index (χ0) is 22.8. The molecule has 0 radical (unpaired) electrons. The second kappa shape index (κ2) is 10.4. The Kier molecular flexibility index (Phi) is 7.81. The molecule has 33 heavy (non-hydrogen) atoms. The van der Waals surface area contributed by atoms with Crippen LogP contribution in [0, 0.1) is 10.1 Å². The maximum atomic E-state index is 12.5. The van der Waals surface area contributed by atoms with Crippen LogP contribution in [0.2, 0.25) is 10.0 Å². The highest BCUT2D eigenvalue weighted by atomic mass is 35.5. The van der Waals surface area contributed by atoms with Crippen LogP contribution < -0.4 is 10.1 Å². The summed E-state index contributed by atoms with van der Waals surface area (Å²) in [5, 5.41) is 14.7. The first-order valence-corrected chi connectivity index (χ1v) is 10.6. The number of ether oxygens (including phenoxy) is 1. The summed E-state index contributed by atoms with van der Waals surface area (Å²) in [6.45, 7) is 1.43. The normalized spacial score (nSPS) is 15.2. The molecule has 0 spiro atoms. The van der Waals surface area contributed by atoms with Crippen LogP contribution in [0.3, 0.4) is 0 Å². The molecule has 0 saturated carbocycles. The molecule has 1 atom stereocenters. The lowest BCUT2D eigenvalue weighted by atomic mass is 9.84. The molecule has 3 aromatic carbocycles. The Morgan fingerprint density at radius 1 is 1.12 bits per heavy atom. The quantitative estimate of drug-likeness (QED) is 0.321. The third-order valence-corrected chi connectivity index (χ3v) is 5.88. The van der Waals surface area contributed by atoms with Crippen LogP contribution in [0.4, 0.5) is 16.2 Å². The fraction of sp³-hybridized carbons (Fsp3) is 0.174. The van der Waals surface area contributed by atoms with Gasteiger partial charge >= 0.3 is 6.09 Å². The minimum atomic E-state index is -0.695. The van der Waals surface area contributed by atoms with Crippen LogP contribution in [0.15, 0.2) is 60.7 Å². The van der Waals surface area contributed by atoms with Crippen molar-refractivity contribution in [1.82, 2.24) is 4.90 Å². The number of carbonyl (C=O) groups excluding carboxylic acids is 1. The summed E-state index contributed by atoms with van der Waals surface area (Å²) in [6, 6.07) is 16.4. The number of para-hydroxylation sites is 1. The zero-order valence-electron chi connectivity index (χ0n) is 17.5. The Hall–Kier alpha value is -2.84. The molecular weight excluding hydrogens is 489 g/mol. The molecule has 1 aliphatic rings. The Morgan fingerprint density at radius 2 is 1.82 bits per heavy atom. The first-order valence-electron chi connectivity index (χ1n) is 9.80. The molecule has 0 saturated heterocycles. The molecule has 10 heteroatoms. The van der Waals surface area contributed by atoms with E-state index in [9.17, 15) is 14.9 Å². The minimum absolute atomic E-state index is 0. The van der Waals surface area contributed by atoms with Gasteiger partial charge in [-0.3, -0.25) is 15.4 Å². The molecule has 1 N–H and O–H groups in total. The smallest absolute Gasteiger partial charge is 0.410 e. The summed E-state index contributed by atoms with van der Waals surface area (Å²) in [5.41, 5.74) is 3.46. The van der Waals surface area contributed by atoms with E-state index in [1.807, 2.05) is 31.3 Å². The molecule has 1 amide bonds. The number of rotatable bonds is 4. The molecule has 1 aliphatic heterocycles. The van der Waals surface area contributed by atoms with E-state index < -0.39 is 11.0 Å². The van der Waals surface area contributed by atoms with Gasteiger partial charge in [0.15, 0.2) is 0 Å². The van der Waals surface area contributed by atoms with Gasteiger partial charge in [0, 0.05) is 46.9 Å². The zero-order valence-corrected chi connectivity index (χ0v) is 19.8. The third-order valence-electron chi connectivity index (χ3n) is 5.32. The van der Waals surface area contributed by atoms with E-state index in [1.165, 1.54) is 24.3 Å². The number of fused-ring (bicyclic) bond motifs is 1. The first kappa shape index (κ1) is 24.8. The number of benzene rings is 3. The maximum Gasteiger partial charge on any atom is 0.417 e. The Labute approximate surface area is 206 Å². The van der Waals surface area contributed by atoms with Gasteiger partial charge in [0.2, 0.25) is 0 Å². The number of non-ortho nitro benzene ring substituents is 1. The van der Waals surface area contributed by atoms with Crippen molar-refractivity contribution in [1.29, 1.82) is 0 Å². The van der Waals surface area contributed by atoms with Crippen molar-refractivity contribution < 1.29 is 14.5 Å². The lowest BCUT2D eigenvalue weighted by Gasteiger charge is -2.34. The number of nitro groups is 1. The van der Waals surface area contributed by atoms with Gasteiger partial charge in [0.05, 0.1) is 4.92 Å². The van der Waals surface area contributed by atoms with Crippen LogP contribution in [-0.4, -0.2) is 29.5 Å². The third kappa shape index (κ3) is 5.57. The maximum absolute atomic E-state index is 12.5. The van der Waals surface area contributed by atoms with Gasteiger partial charge < -0.3 is 9.64 Å². The van der Waals surface area contributed by atoms with Gasteiger partial charge in [0.25, 0.3) is 5.69 Å². The predicted molar refractivity (Wildman–Crippen MR) is 131 cm³/mol. The average molecular weight is 509 g/mol. The standard InChI is InChI=1S/C23H19Cl2N3O4.ClH/c1-27-12-19(18-10-14(24)11-21(25)20(18)13-27)17-4-2-3-5-22(17)26-23(29)32-16-8-6-15(7-9-16)28(30)31;/h2-11,19H,12-13H2,1H3,(H,26,29);1H. The molecule has 4 rings (SSSR count). The molecule has 172 valence electrons. The van der Waals surface area contributed by atoms with Gasteiger partial charge in [0.1, 0.15) is 5.75 Å². The highest BCUT2D eigenvalue weighted by Crippen LogP contribution is 2.40. The SMILES string of the molecule is CN1Cc2c(Cl)cc(Cl)cc2C(c2ccccc2NC(=O)Oc2ccc([N+](=O)[O-])cc2)C1.Cl. The lowest BCUT2D eigenvalue weighted by Crippen LogP contribution is -2.32. The number of nitrogens with one attached hydrogen (secondary N) is 1. The lowest BCUT2D eigenvalue weighted by molar-refractivity contribution is -0.384. The summed E-state index contributed by atoms with van der Waals surface area (Å²) in [6.07, 6.45) is -0.695. The summed E-state index contributed by atoms with van der Waals surface area (Å²) in [5.74, 6) is 0.141. The topological polar surface area (TPSA) is 84.7 Å². The first-order chi connectivity index (χ1) is 15.3. The van der Waals surface area contributed by atoms with Gasteiger partial charge in [-0.15, -0.1) is 12.4 Å². The van der Waals surface area contributed by atoms with Crippen molar-refractivity contribution in [2.24, 2.45) is 0 Å². The Morgan fingerprint density at radius 3 is 2.52 bits per heavy atom. The van der Waals surface area contributed by atoms with E-state index in [-0.39, 0.29) is 29.8 Å². The number of hydrogen-bond acceptors (Lipinski definition) is 5. The number of halogens is 3. The molecule has 1 unspecified atom stereocenters. The molecular formula is C23H20Cl3N3O4. The summed E-state index contributed by atoms with van der Waals surface area (Å²) < 4.78 is 5.30. The fourth-order valence-electron chi connectivity index (χ4n) is 3.90. The van der Waals surface area contributed by atoms with Crippen LogP contribution in [-0.2, 0) is 6.54 Å². The van der Waals surface area contributed by atoms with Gasteiger partial charge in [-0.05, 0) is 54.1 Å². The highest BCUT2D eigenvalue weighted by Gasteiger charge is 2.29. The molecule has 0 bridgehead atoms. The van der Waals surface area contributed by atoms with Gasteiger partial charge in [-0.1, -0.05) is 41.4 Å². The number of amides is 1. The number of hydrogen-bond donors (Lipinski definition) is 1. The van der Waals surface area contributed by atoms with E-state index in [0.29, 0.717) is 22.3 Å². The average Bonchev–Trinajstić information content (AvgIpc) is 2.74. The predicted octanol–water partition coefficient (Wildman–Crippen LogP) is 6.51. The van der Waals surface area contributed by atoms with Crippen molar-refractivity contribution in [3.05, 3.63) is 97.5 Å². The van der Waals surface area contributed by atoms with E-state index in [1.54, 1.807) is 12.1 Å². The van der Waals surface area contributed by atoms with Crippen LogP contribution in [0.25, 0.3) is 0 Å². The minimum Gasteiger partial charge on any atom is -0.410 e. The summed E-state index contributed by atoms with van der Waals surface area (Å²) in [7, 11) is 2.01.